The third-order valence-electron chi connectivity index (χ3n) is 13.9. The number of hydrogen-bond donors (Lipinski definition) is 1. The Balaban J connectivity index is 0.000000229. The van der Waals surface area contributed by atoms with Crippen molar-refractivity contribution < 1.29 is 52.4 Å². The van der Waals surface area contributed by atoms with Crippen LogP contribution in [0.5, 0.6) is 46.0 Å². The second-order valence-corrected chi connectivity index (χ2v) is 17.9. The van der Waals surface area contributed by atoms with Crippen molar-refractivity contribution in [3.63, 3.8) is 0 Å². The molecule has 2 atom stereocenters. The van der Waals surface area contributed by atoms with Crippen molar-refractivity contribution in [3.05, 3.63) is 157 Å². The van der Waals surface area contributed by atoms with E-state index >= 15 is 0 Å². The van der Waals surface area contributed by atoms with Crippen LogP contribution in [0, 0.1) is 10.1 Å². The molecule has 0 aliphatic carbocycles. The lowest BCUT2D eigenvalue weighted by molar-refractivity contribution is -0.385. The minimum absolute atomic E-state index is 0.000437. The van der Waals surface area contributed by atoms with Gasteiger partial charge in [-0.15, -0.1) is 0 Å². The second kappa shape index (κ2) is 21.2. The van der Waals surface area contributed by atoms with Crippen LogP contribution in [0.3, 0.4) is 0 Å². The van der Waals surface area contributed by atoms with E-state index in [2.05, 4.69) is 71.7 Å². The standard InChI is InChI=1S/C38H42N2O6.C17H18N2O6/c1-39-15-13-25-20-32(42-4)34-22-28(25)29(39)17-23-7-10-27(11-8-23)45-33-19-24(9-12-31(33)41-3)18-30-36-26(14-16-40(30)2)21-35(43-5)37(44-6)38(36)46-34;1-9-13(16(20)24-3)15(14(10(2)18-9)17(21)25-4)11-7-5-6-8-12(11)19(22)23/h7-12,19-22,29-30H,13-18H2,1-6H3;5-8,15,18H,1-4H3. The molecule has 5 heterocycles. The van der Waals surface area contributed by atoms with Crippen LogP contribution in [0.2, 0.25) is 0 Å². The third kappa shape index (κ3) is 9.82. The van der Waals surface area contributed by atoms with Gasteiger partial charge in [0.25, 0.3) is 5.69 Å². The highest BCUT2D eigenvalue weighted by Crippen LogP contribution is 2.52. The van der Waals surface area contributed by atoms with Gasteiger partial charge in [0.1, 0.15) is 5.75 Å². The Hall–Kier alpha value is -7.56. The van der Waals surface area contributed by atoms with E-state index in [0.717, 1.165) is 55.6 Å². The van der Waals surface area contributed by atoms with Gasteiger partial charge in [0.05, 0.1) is 64.6 Å². The van der Waals surface area contributed by atoms with Crippen LogP contribution in [-0.2, 0) is 44.7 Å². The average molecular weight is 969 g/mol. The first-order valence-corrected chi connectivity index (χ1v) is 23.3. The molecule has 2 unspecified atom stereocenters. The topological polar surface area (TPSA) is 170 Å². The van der Waals surface area contributed by atoms with Gasteiger partial charge in [-0.1, -0.05) is 36.4 Å². The minimum atomic E-state index is -0.970. The molecule has 0 aromatic heterocycles. The summed E-state index contributed by atoms with van der Waals surface area (Å²) in [6.45, 7) is 5.15. The number of hydrogen-bond acceptors (Lipinski definition) is 15. The van der Waals surface area contributed by atoms with Gasteiger partial charge in [-0.05, 0) is 124 Å². The summed E-state index contributed by atoms with van der Waals surface area (Å²) in [5.41, 5.74) is 8.35. The lowest BCUT2D eigenvalue weighted by Gasteiger charge is -2.37. The van der Waals surface area contributed by atoms with Crippen LogP contribution in [0.15, 0.2) is 107 Å². The van der Waals surface area contributed by atoms with Crippen molar-refractivity contribution in [1.82, 2.24) is 15.1 Å². The molecule has 5 aliphatic rings. The van der Waals surface area contributed by atoms with Crippen molar-refractivity contribution in [2.45, 2.75) is 57.5 Å². The van der Waals surface area contributed by atoms with Crippen LogP contribution in [0.4, 0.5) is 5.69 Å². The van der Waals surface area contributed by atoms with Crippen molar-refractivity contribution >= 4 is 17.6 Å². The van der Waals surface area contributed by atoms with Gasteiger partial charge < -0.3 is 43.2 Å². The molecule has 0 spiro atoms. The summed E-state index contributed by atoms with van der Waals surface area (Å²) in [5, 5.41) is 14.4. The van der Waals surface area contributed by atoms with Gasteiger partial charge in [0.15, 0.2) is 34.5 Å². The largest absolute Gasteiger partial charge is 0.493 e. The van der Waals surface area contributed by atoms with Crippen LogP contribution in [-0.4, -0.2) is 96.5 Å². The minimum Gasteiger partial charge on any atom is -0.493 e. The van der Waals surface area contributed by atoms with Gasteiger partial charge in [-0.25, -0.2) is 9.59 Å². The first kappa shape index (κ1) is 49.8. The number of carbonyl (C=O) groups is 2. The van der Waals surface area contributed by atoms with Gasteiger partial charge in [0.2, 0.25) is 5.75 Å². The molecule has 16 heteroatoms. The number of nitro benzene ring substituents is 1. The first-order chi connectivity index (χ1) is 34.2. The molecular weight excluding hydrogens is 909 g/mol. The lowest BCUT2D eigenvalue weighted by Crippen LogP contribution is -2.34. The van der Waals surface area contributed by atoms with E-state index in [4.69, 9.17) is 37.9 Å². The highest BCUT2D eigenvalue weighted by molar-refractivity contribution is 6.00. The molecule has 0 amide bonds. The molecular formula is C55H60N4O12. The number of nitrogens with one attached hydrogen (secondary N) is 1. The molecule has 0 radical (unpaired) electrons. The van der Waals surface area contributed by atoms with E-state index in [0.29, 0.717) is 51.6 Å². The molecule has 0 fully saturated rings. The lowest BCUT2D eigenvalue weighted by atomic mass is 9.79. The molecule has 0 saturated carbocycles. The van der Waals surface area contributed by atoms with Crippen molar-refractivity contribution in [1.29, 1.82) is 0 Å². The summed E-state index contributed by atoms with van der Waals surface area (Å²) in [6.07, 6.45) is 3.37. The zero-order valence-electron chi connectivity index (χ0n) is 41.8. The Labute approximate surface area is 413 Å². The quantitative estimate of drug-likeness (QED) is 0.0886. The molecule has 16 nitrogen and oxygen atoms in total. The Morgan fingerprint density at radius 2 is 1.23 bits per heavy atom. The van der Waals surface area contributed by atoms with Gasteiger partial charge >= 0.3 is 11.9 Å². The number of nitrogens with zero attached hydrogens (tertiary/aromatic N) is 3. The van der Waals surface area contributed by atoms with E-state index in [1.165, 1.54) is 54.7 Å². The van der Waals surface area contributed by atoms with Crippen molar-refractivity contribution in [3.8, 4) is 46.0 Å². The third-order valence-corrected chi connectivity index (χ3v) is 13.9. The number of likely N-dealkylation sites (N-methyl/N-ethyl adjacent to an activating group) is 2. The van der Waals surface area contributed by atoms with E-state index in [9.17, 15) is 19.7 Å². The molecule has 372 valence electrons. The van der Waals surface area contributed by atoms with Gasteiger partial charge in [-0.2, -0.15) is 0 Å². The summed E-state index contributed by atoms with van der Waals surface area (Å²) in [5.74, 6) is 3.08. The zero-order chi connectivity index (χ0) is 50.7. The highest BCUT2D eigenvalue weighted by Gasteiger charge is 2.41. The number of allylic oxidation sites excluding steroid dienone is 2. The number of rotatable bonds is 8. The summed E-state index contributed by atoms with van der Waals surface area (Å²) < 4.78 is 46.7. The monoisotopic (exact) mass is 968 g/mol. The molecule has 71 heavy (non-hydrogen) atoms. The fraction of sp³-hybridized carbons (Fsp3) is 0.345. The number of nitro groups is 1. The van der Waals surface area contributed by atoms with Crippen molar-refractivity contribution in [2.24, 2.45) is 0 Å². The second-order valence-electron chi connectivity index (χ2n) is 17.9. The van der Waals surface area contributed by atoms with Crippen LogP contribution in [0.1, 0.15) is 70.8 Å². The number of esters is 2. The maximum atomic E-state index is 12.3. The predicted octanol–water partition coefficient (Wildman–Crippen LogP) is 9.34. The number of fused-ring (bicyclic) bond motifs is 2. The van der Waals surface area contributed by atoms with E-state index in [-0.39, 0.29) is 34.5 Å². The van der Waals surface area contributed by atoms with Crippen LogP contribution < -0.4 is 33.7 Å². The highest BCUT2D eigenvalue weighted by atomic mass is 16.6. The van der Waals surface area contributed by atoms with E-state index < -0.39 is 22.8 Å². The normalized spacial score (nSPS) is 17.7. The van der Waals surface area contributed by atoms with E-state index in [1.54, 1.807) is 48.4 Å². The Morgan fingerprint density at radius 1 is 0.648 bits per heavy atom. The number of ether oxygens (including phenoxy) is 8. The summed E-state index contributed by atoms with van der Waals surface area (Å²) in [6, 6.07) is 27.2. The molecule has 5 aromatic carbocycles. The number of methoxy groups -OCH3 is 6. The molecule has 10 rings (SSSR count). The van der Waals surface area contributed by atoms with Gasteiger partial charge in [0, 0.05) is 53.8 Å². The fourth-order valence-corrected chi connectivity index (χ4v) is 10.2. The number of para-hydroxylation sites is 1. The zero-order valence-corrected chi connectivity index (χ0v) is 41.8. The smallest absolute Gasteiger partial charge is 0.336 e. The number of dihydropyridines is 1. The Bertz CT molecular complexity index is 2890. The fourth-order valence-electron chi connectivity index (χ4n) is 10.2. The molecule has 1 N–H and O–H groups in total. The molecule has 0 saturated heterocycles. The maximum absolute atomic E-state index is 12.3. The van der Waals surface area contributed by atoms with E-state index in [1.807, 2.05) is 18.2 Å². The molecule has 5 aromatic rings. The molecule has 6 bridgehead atoms. The Kier molecular flexibility index (Phi) is 14.9. The first-order valence-electron chi connectivity index (χ1n) is 23.3. The van der Waals surface area contributed by atoms with Crippen LogP contribution >= 0.6 is 0 Å². The average Bonchev–Trinajstić information content (AvgIpc) is 3.37. The molecule has 5 aliphatic heterocycles. The SMILES string of the molecule is COC(=O)C1=C(C)NC(C)=C(C(=O)OC)C1c1ccccc1[N+](=O)[O-].COc1ccc2cc1Oc1ccc(cc1)CC1c3cc(c(OC)cc3CCN1C)Oc1c(OC)c(OC)cc3c1C(C2)N(C)CC3. The Morgan fingerprint density at radius 3 is 1.85 bits per heavy atom. The van der Waals surface area contributed by atoms with Gasteiger partial charge in [-0.3, -0.25) is 19.9 Å². The van der Waals surface area contributed by atoms with Crippen LogP contribution in [0.25, 0.3) is 0 Å². The number of benzene rings is 5. The number of carbonyl (C=O) groups excluding carboxylic acids is 2. The van der Waals surface area contributed by atoms with Crippen molar-refractivity contribution in [2.75, 3.05) is 69.8 Å². The summed E-state index contributed by atoms with van der Waals surface area (Å²) in [4.78, 5) is 40.4. The maximum Gasteiger partial charge on any atom is 0.336 e. The summed E-state index contributed by atoms with van der Waals surface area (Å²) in [7, 11) is 13.5. The predicted molar refractivity (Wildman–Crippen MR) is 266 cm³/mol. The summed E-state index contributed by atoms with van der Waals surface area (Å²) >= 11 is 0.